The van der Waals surface area contributed by atoms with Gasteiger partial charge >= 0.3 is 6.09 Å². The fourth-order valence-electron chi connectivity index (χ4n) is 3.06. The Hall–Kier alpha value is -0.850. The van der Waals surface area contributed by atoms with Crippen LogP contribution in [-0.2, 0) is 9.47 Å². The predicted molar refractivity (Wildman–Crippen MR) is 90.4 cm³/mol. The molecule has 0 spiro atoms. The SMILES string of the molecule is CC(C)(C)OC(=O)N1CCC(OCCN2CCC(N)CC2)CC1. The van der Waals surface area contributed by atoms with E-state index < -0.39 is 5.60 Å². The van der Waals surface area contributed by atoms with Gasteiger partial charge in [-0.1, -0.05) is 0 Å². The highest BCUT2D eigenvalue weighted by atomic mass is 16.6. The molecule has 6 nitrogen and oxygen atoms in total. The first-order valence-electron chi connectivity index (χ1n) is 8.91. The van der Waals surface area contributed by atoms with E-state index >= 15 is 0 Å². The first kappa shape index (κ1) is 18.5. The lowest BCUT2D eigenvalue weighted by Crippen LogP contribution is -2.44. The number of carbonyl (C=O) groups is 1. The van der Waals surface area contributed by atoms with Crippen molar-refractivity contribution in [2.24, 2.45) is 5.73 Å². The number of hydrogen-bond acceptors (Lipinski definition) is 5. The Morgan fingerprint density at radius 3 is 2.26 bits per heavy atom. The molecule has 2 rings (SSSR count). The van der Waals surface area contributed by atoms with Crippen molar-refractivity contribution in [3.8, 4) is 0 Å². The summed E-state index contributed by atoms with van der Waals surface area (Å²) in [5, 5.41) is 0. The fourth-order valence-corrected chi connectivity index (χ4v) is 3.06. The smallest absolute Gasteiger partial charge is 0.410 e. The van der Waals surface area contributed by atoms with Crippen molar-refractivity contribution in [3.05, 3.63) is 0 Å². The van der Waals surface area contributed by atoms with Crippen LogP contribution in [0.4, 0.5) is 4.79 Å². The van der Waals surface area contributed by atoms with Crippen molar-refractivity contribution in [3.63, 3.8) is 0 Å². The molecular weight excluding hydrogens is 294 g/mol. The number of amides is 1. The molecule has 0 saturated carbocycles. The van der Waals surface area contributed by atoms with Crippen molar-refractivity contribution in [1.29, 1.82) is 0 Å². The molecule has 0 unspecified atom stereocenters. The topological polar surface area (TPSA) is 68.0 Å². The minimum absolute atomic E-state index is 0.208. The molecule has 2 fully saturated rings. The lowest BCUT2D eigenvalue weighted by Gasteiger charge is -2.34. The van der Waals surface area contributed by atoms with Crippen LogP contribution in [0.2, 0.25) is 0 Å². The van der Waals surface area contributed by atoms with Crippen LogP contribution in [0.25, 0.3) is 0 Å². The summed E-state index contributed by atoms with van der Waals surface area (Å²) >= 11 is 0. The third-order valence-electron chi connectivity index (χ3n) is 4.49. The number of piperidine rings is 2. The molecular formula is C17H33N3O3. The summed E-state index contributed by atoms with van der Waals surface area (Å²) in [6.45, 7) is 11.1. The standard InChI is InChI=1S/C17H33N3O3/c1-17(2,3)23-16(21)20-10-6-15(7-11-20)22-13-12-19-8-4-14(18)5-9-19/h14-15H,4-13,18H2,1-3H3. The van der Waals surface area contributed by atoms with E-state index in [1.165, 1.54) is 0 Å². The Bertz CT molecular complexity index is 368. The number of hydrogen-bond donors (Lipinski definition) is 1. The van der Waals surface area contributed by atoms with Crippen molar-refractivity contribution < 1.29 is 14.3 Å². The summed E-state index contributed by atoms with van der Waals surface area (Å²) in [7, 11) is 0. The van der Waals surface area contributed by atoms with E-state index in [4.69, 9.17) is 15.2 Å². The van der Waals surface area contributed by atoms with Crippen LogP contribution in [0, 0.1) is 0 Å². The van der Waals surface area contributed by atoms with Gasteiger partial charge in [0.2, 0.25) is 0 Å². The summed E-state index contributed by atoms with van der Waals surface area (Å²) in [6, 6.07) is 0.379. The molecule has 134 valence electrons. The van der Waals surface area contributed by atoms with Gasteiger partial charge in [0.15, 0.2) is 0 Å². The third-order valence-corrected chi connectivity index (χ3v) is 4.49. The van der Waals surface area contributed by atoms with Crippen molar-refractivity contribution >= 4 is 6.09 Å². The van der Waals surface area contributed by atoms with E-state index in [0.29, 0.717) is 6.04 Å². The average molecular weight is 327 g/mol. The quantitative estimate of drug-likeness (QED) is 0.853. The molecule has 2 aliphatic heterocycles. The second-order valence-corrected chi connectivity index (χ2v) is 7.72. The Morgan fingerprint density at radius 2 is 1.70 bits per heavy atom. The molecule has 2 saturated heterocycles. The van der Waals surface area contributed by atoms with Gasteiger partial charge in [-0.05, 0) is 59.5 Å². The third kappa shape index (κ3) is 6.65. The zero-order valence-corrected chi connectivity index (χ0v) is 14.9. The van der Waals surface area contributed by atoms with Gasteiger partial charge in [-0.25, -0.2) is 4.79 Å². The van der Waals surface area contributed by atoms with Gasteiger partial charge in [0.1, 0.15) is 5.60 Å². The monoisotopic (exact) mass is 327 g/mol. The number of carbonyl (C=O) groups excluding carboxylic acids is 1. The molecule has 0 radical (unpaired) electrons. The molecule has 2 aliphatic rings. The Morgan fingerprint density at radius 1 is 1.09 bits per heavy atom. The van der Waals surface area contributed by atoms with Gasteiger partial charge in [-0.2, -0.15) is 0 Å². The molecule has 6 heteroatoms. The molecule has 0 aliphatic carbocycles. The largest absolute Gasteiger partial charge is 0.444 e. The lowest BCUT2D eigenvalue weighted by molar-refractivity contribution is -0.0170. The number of nitrogens with two attached hydrogens (primary N) is 1. The van der Waals surface area contributed by atoms with E-state index in [2.05, 4.69) is 4.90 Å². The summed E-state index contributed by atoms with van der Waals surface area (Å²) in [4.78, 5) is 16.2. The summed E-state index contributed by atoms with van der Waals surface area (Å²) in [6.07, 6.45) is 4.03. The Balaban J connectivity index is 1.59. The van der Waals surface area contributed by atoms with Gasteiger partial charge in [0, 0.05) is 25.7 Å². The van der Waals surface area contributed by atoms with Crippen LogP contribution in [0.1, 0.15) is 46.5 Å². The lowest BCUT2D eigenvalue weighted by atomic mass is 10.1. The summed E-state index contributed by atoms with van der Waals surface area (Å²) in [5.74, 6) is 0. The predicted octanol–water partition coefficient (Wildman–Crippen LogP) is 1.83. The Kier molecular flexibility index (Phi) is 6.68. The normalized spacial score (nSPS) is 22.3. The van der Waals surface area contributed by atoms with Crippen molar-refractivity contribution in [2.75, 3.05) is 39.3 Å². The number of ether oxygens (including phenoxy) is 2. The molecule has 23 heavy (non-hydrogen) atoms. The second-order valence-electron chi connectivity index (χ2n) is 7.72. The molecule has 0 bridgehead atoms. The number of likely N-dealkylation sites (tertiary alicyclic amines) is 2. The average Bonchev–Trinajstić information content (AvgIpc) is 2.48. The number of rotatable bonds is 4. The van der Waals surface area contributed by atoms with Crippen LogP contribution in [0.15, 0.2) is 0 Å². The van der Waals surface area contributed by atoms with Gasteiger partial charge in [-0.3, -0.25) is 0 Å². The minimum Gasteiger partial charge on any atom is -0.444 e. The number of nitrogens with zero attached hydrogens (tertiary/aromatic N) is 2. The van der Waals surface area contributed by atoms with Gasteiger partial charge in [-0.15, -0.1) is 0 Å². The van der Waals surface area contributed by atoms with Crippen molar-refractivity contribution in [1.82, 2.24) is 9.80 Å². The van der Waals surface area contributed by atoms with Crippen LogP contribution >= 0.6 is 0 Å². The van der Waals surface area contributed by atoms with E-state index in [9.17, 15) is 4.79 Å². The fraction of sp³-hybridized carbons (Fsp3) is 0.941. The zero-order chi connectivity index (χ0) is 16.9. The molecule has 0 aromatic carbocycles. The molecule has 0 aromatic heterocycles. The van der Waals surface area contributed by atoms with Crippen LogP contribution in [-0.4, -0.2) is 73.0 Å². The van der Waals surface area contributed by atoms with E-state index in [0.717, 1.165) is 65.0 Å². The summed E-state index contributed by atoms with van der Waals surface area (Å²) < 4.78 is 11.4. The van der Waals surface area contributed by atoms with Gasteiger partial charge in [0.05, 0.1) is 12.7 Å². The van der Waals surface area contributed by atoms with Gasteiger partial charge < -0.3 is 25.0 Å². The van der Waals surface area contributed by atoms with E-state index in [1.807, 2.05) is 20.8 Å². The molecule has 0 aromatic rings. The molecule has 2 heterocycles. The van der Waals surface area contributed by atoms with Crippen molar-refractivity contribution in [2.45, 2.75) is 64.2 Å². The van der Waals surface area contributed by atoms with Crippen LogP contribution < -0.4 is 5.73 Å². The Labute approximate surface area is 140 Å². The second kappa shape index (κ2) is 8.31. The maximum absolute atomic E-state index is 12.0. The van der Waals surface area contributed by atoms with Crippen LogP contribution in [0.3, 0.4) is 0 Å². The maximum Gasteiger partial charge on any atom is 0.410 e. The summed E-state index contributed by atoms with van der Waals surface area (Å²) in [5.41, 5.74) is 5.49. The highest BCUT2D eigenvalue weighted by Crippen LogP contribution is 2.17. The highest BCUT2D eigenvalue weighted by Gasteiger charge is 2.27. The molecule has 0 atom stereocenters. The maximum atomic E-state index is 12.0. The zero-order valence-electron chi connectivity index (χ0n) is 14.9. The van der Waals surface area contributed by atoms with E-state index in [-0.39, 0.29) is 12.2 Å². The van der Waals surface area contributed by atoms with E-state index in [1.54, 1.807) is 4.90 Å². The molecule has 2 N–H and O–H groups in total. The first-order valence-corrected chi connectivity index (χ1v) is 8.91. The first-order chi connectivity index (χ1) is 10.8. The highest BCUT2D eigenvalue weighted by molar-refractivity contribution is 5.68. The van der Waals surface area contributed by atoms with Gasteiger partial charge in [0.25, 0.3) is 0 Å². The van der Waals surface area contributed by atoms with Crippen LogP contribution in [0.5, 0.6) is 0 Å². The minimum atomic E-state index is -0.429. The molecule has 1 amide bonds.